The Hall–Kier alpha value is -2.42. The minimum atomic E-state index is -3.61. The summed E-state index contributed by atoms with van der Waals surface area (Å²) in [5, 5.41) is 13.8. The van der Waals surface area contributed by atoms with Crippen LogP contribution in [0, 0.1) is 5.92 Å². The van der Waals surface area contributed by atoms with E-state index in [4.69, 9.17) is 5.11 Å². The largest absolute Gasteiger partial charge is 0.480 e. The number of nitrogens with one attached hydrogen (secondary N) is 2. The molecule has 0 saturated carbocycles. The van der Waals surface area contributed by atoms with Crippen molar-refractivity contribution < 1.29 is 27.9 Å². The number of carbonyl (C=O) groups excluding carboxylic acids is 2. The third-order valence-electron chi connectivity index (χ3n) is 3.69. The van der Waals surface area contributed by atoms with Gasteiger partial charge in [0.05, 0.1) is 22.8 Å². The SMILES string of the molecule is CCCS(=O)(=O)c1ccccc1C(=O)NCC(=O)N[C@@H](CC(C)C)C(=O)O. The van der Waals surface area contributed by atoms with Gasteiger partial charge in [0.25, 0.3) is 5.91 Å². The molecule has 1 rings (SSSR count). The summed E-state index contributed by atoms with van der Waals surface area (Å²) >= 11 is 0. The summed E-state index contributed by atoms with van der Waals surface area (Å²) in [7, 11) is -3.61. The molecular formula is C18H26N2O6S. The Morgan fingerprint density at radius 2 is 1.78 bits per heavy atom. The van der Waals surface area contributed by atoms with Gasteiger partial charge in [0.15, 0.2) is 9.84 Å². The van der Waals surface area contributed by atoms with Gasteiger partial charge in [0.1, 0.15) is 6.04 Å². The van der Waals surface area contributed by atoms with E-state index in [1.54, 1.807) is 6.92 Å². The second-order valence-electron chi connectivity index (χ2n) is 6.59. The molecule has 2 amide bonds. The quantitative estimate of drug-likeness (QED) is 0.543. The zero-order valence-electron chi connectivity index (χ0n) is 15.7. The van der Waals surface area contributed by atoms with Crippen LogP contribution in [-0.4, -0.2) is 49.6 Å². The first-order valence-corrected chi connectivity index (χ1v) is 10.4. The number of sulfone groups is 1. The van der Waals surface area contributed by atoms with Crippen molar-refractivity contribution in [3.05, 3.63) is 29.8 Å². The molecule has 0 aliphatic rings. The molecule has 0 aliphatic carbocycles. The number of rotatable bonds is 10. The number of hydrogen-bond donors (Lipinski definition) is 3. The molecule has 9 heteroatoms. The molecule has 1 aromatic carbocycles. The third-order valence-corrected chi connectivity index (χ3v) is 5.66. The van der Waals surface area contributed by atoms with Crippen molar-refractivity contribution in [2.75, 3.05) is 12.3 Å². The molecule has 0 spiro atoms. The molecule has 1 atom stereocenters. The summed E-state index contributed by atoms with van der Waals surface area (Å²) in [6.45, 7) is 4.93. The van der Waals surface area contributed by atoms with Crippen LogP contribution in [0.2, 0.25) is 0 Å². The molecule has 0 bridgehead atoms. The average molecular weight is 398 g/mol. The van der Waals surface area contributed by atoms with Crippen molar-refractivity contribution >= 4 is 27.6 Å². The lowest BCUT2D eigenvalue weighted by Crippen LogP contribution is -2.46. The zero-order chi connectivity index (χ0) is 20.6. The first-order valence-electron chi connectivity index (χ1n) is 8.70. The van der Waals surface area contributed by atoms with Crippen LogP contribution >= 0.6 is 0 Å². The van der Waals surface area contributed by atoms with Crippen molar-refractivity contribution in [3.63, 3.8) is 0 Å². The van der Waals surface area contributed by atoms with Crippen LogP contribution in [0.3, 0.4) is 0 Å². The first-order chi connectivity index (χ1) is 12.6. The highest BCUT2D eigenvalue weighted by Gasteiger charge is 2.23. The Morgan fingerprint density at radius 3 is 2.33 bits per heavy atom. The number of benzene rings is 1. The fourth-order valence-electron chi connectivity index (χ4n) is 2.50. The Balaban J connectivity index is 2.81. The van der Waals surface area contributed by atoms with Crippen LogP contribution in [-0.2, 0) is 19.4 Å². The molecule has 1 aromatic rings. The summed E-state index contributed by atoms with van der Waals surface area (Å²) in [5.41, 5.74) is -0.0456. The van der Waals surface area contributed by atoms with E-state index in [9.17, 15) is 22.8 Å². The maximum absolute atomic E-state index is 12.3. The highest BCUT2D eigenvalue weighted by atomic mass is 32.2. The van der Waals surface area contributed by atoms with Gasteiger partial charge in [-0.25, -0.2) is 13.2 Å². The van der Waals surface area contributed by atoms with E-state index < -0.39 is 40.2 Å². The zero-order valence-corrected chi connectivity index (χ0v) is 16.5. The fourth-order valence-corrected chi connectivity index (χ4v) is 4.04. The standard InChI is InChI=1S/C18H26N2O6S/c1-4-9-27(25,26)15-8-6-5-7-13(15)17(22)19-11-16(21)20-14(18(23)24)10-12(2)3/h5-8,12,14H,4,9-11H2,1-3H3,(H,19,22)(H,20,21)(H,23,24)/t14-/m0/s1. The topological polar surface area (TPSA) is 130 Å². The van der Waals surface area contributed by atoms with Gasteiger partial charge in [0.2, 0.25) is 5.91 Å². The maximum Gasteiger partial charge on any atom is 0.326 e. The summed E-state index contributed by atoms with van der Waals surface area (Å²) in [6, 6.07) is 4.72. The Morgan fingerprint density at radius 1 is 1.15 bits per heavy atom. The van der Waals surface area contributed by atoms with E-state index in [1.807, 2.05) is 13.8 Å². The minimum Gasteiger partial charge on any atom is -0.480 e. The first kappa shape index (κ1) is 22.6. The van der Waals surface area contributed by atoms with Gasteiger partial charge in [-0.15, -0.1) is 0 Å². The molecule has 27 heavy (non-hydrogen) atoms. The second-order valence-corrected chi connectivity index (χ2v) is 8.66. The van der Waals surface area contributed by atoms with Crippen molar-refractivity contribution in [2.24, 2.45) is 5.92 Å². The number of carboxylic acids is 1. The van der Waals surface area contributed by atoms with Crippen molar-refractivity contribution in [2.45, 2.75) is 44.6 Å². The van der Waals surface area contributed by atoms with E-state index in [-0.39, 0.29) is 28.6 Å². The number of carbonyl (C=O) groups is 3. The van der Waals surface area contributed by atoms with Gasteiger partial charge in [-0.3, -0.25) is 9.59 Å². The van der Waals surface area contributed by atoms with Crippen LogP contribution < -0.4 is 10.6 Å². The molecule has 0 heterocycles. The monoisotopic (exact) mass is 398 g/mol. The summed E-state index contributed by atoms with van der Waals surface area (Å²) < 4.78 is 24.6. The minimum absolute atomic E-state index is 0.0456. The molecule has 0 saturated heterocycles. The van der Waals surface area contributed by atoms with Crippen LogP contribution in [0.5, 0.6) is 0 Å². The fraction of sp³-hybridized carbons (Fsp3) is 0.500. The van der Waals surface area contributed by atoms with Gasteiger partial charge in [-0.2, -0.15) is 0 Å². The lowest BCUT2D eigenvalue weighted by atomic mass is 10.0. The van der Waals surface area contributed by atoms with Gasteiger partial charge in [-0.1, -0.05) is 32.9 Å². The molecule has 0 fully saturated rings. The molecule has 8 nitrogen and oxygen atoms in total. The van der Waals surface area contributed by atoms with Gasteiger partial charge >= 0.3 is 5.97 Å². The van der Waals surface area contributed by atoms with Crippen molar-refractivity contribution in [1.82, 2.24) is 10.6 Å². The number of hydrogen-bond acceptors (Lipinski definition) is 5. The van der Waals surface area contributed by atoms with Crippen LogP contribution in [0.15, 0.2) is 29.2 Å². The summed E-state index contributed by atoms with van der Waals surface area (Å²) in [4.78, 5) is 35.4. The van der Waals surface area contributed by atoms with E-state index in [2.05, 4.69) is 10.6 Å². The van der Waals surface area contributed by atoms with Crippen LogP contribution in [0.1, 0.15) is 44.0 Å². The molecule has 150 valence electrons. The number of aliphatic carboxylic acids is 1. The van der Waals surface area contributed by atoms with E-state index in [1.165, 1.54) is 24.3 Å². The number of carboxylic acid groups (broad SMARTS) is 1. The van der Waals surface area contributed by atoms with Gasteiger partial charge in [-0.05, 0) is 30.9 Å². The highest BCUT2D eigenvalue weighted by molar-refractivity contribution is 7.91. The smallest absolute Gasteiger partial charge is 0.326 e. The highest BCUT2D eigenvalue weighted by Crippen LogP contribution is 2.17. The van der Waals surface area contributed by atoms with Crippen molar-refractivity contribution in [3.8, 4) is 0 Å². The lowest BCUT2D eigenvalue weighted by molar-refractivity contribution is -0.142. The molecule has 0 unspecified atom stereocenters. The molecule has 0 aliphatic heterocycles. The lowest BCUT2D eigenvalue weighted by Gasteiger charge is -2.17. The maximum atomic E-state index is 12.3. The van der Waals surface area contributed by atoms with Crippen LogP contribution in [0.4, 0.5) is 0 Å². The molecule has 3 N–H and O–H groups in total. The van der Waals surface area contributed by atoms with E-state index in [0.717, 1.165) is 0 Å². The van der Waals surface area contributed by atoms with Crippen LogP contribution in [0.25, 0.3) is 0 Å². The molecule has 0 aromatic heterocycles. The Kier molecular flexibility index (Phi) is 8.42. The molecule has 0 radical (unpaired) electrons. The predicted octanol–water partition coefficient (Wildman–Crippen LogP) is 1.22. The normalized spacial score (nSPS) is 12.4. The Bertz CT molecular complexity index is 789. The average Bonchev–Trinajstić information content (AvgIpc) is 2.58. The van der Waals surface area contributed by atoms with Crippen molar-refractivity contribution in [1.29, 1.82) is 0 Å². The van der Waals surface area contributed by atoms with Gasteiger partial charge < -0.3 is 15.7 Å². The second kappa shape index (κ2) is 10.1. The van der Waals surface area contributed by atoms with E-state index >= 15 is 0 Å². The summed E-state index contributed by atoms with van der Waals surface area (Å²) in [5.74, 6) is -2.55. The molecular weight excluding hydrogens is 372 g/mol. The van der Waals surface area contributed by atoms with E-state index in [0.29, 0.717) is 6.42 Å². The van der Waals surface area contributed by atoms with Gasteiger partial charge in [0, 0.05) is 0 Å². The number of amides is 2. The predicted molar refractivity (Wildman–Crippen MR) is 100 cm³/mol. The third kappa shape index (κ3) is 7.01. The Labute approximate surface area is 159 Å². The summed E-state index contributed by atoms with van der Waals surface area (Å²) in [6.07, 6.45) is 0.667.